The van der Waals surface area contributed by atoms with Gasteiger partial charge in [0, 0.05) is 4.47 Å². The lowest BCUT2D eigenvalue weighted by Gasteiger charge is -2.20. The van der Waals surface area contributed by atoms with Gasteiger partial charge in [-0.15, -0.1) is 0 Å². The number of carbonyl (C=O) groups is 2. The minimum atomic E-state index is -1.39. The van der Waals surface area contributed by atoms with E-state index in [0.29, 0.717) is 5.56 Å². The summed E-state index contributed by atoms with van der Waals surface area (Å²) in [5.41, 5.74) is 1.42. The summed E-state index contributed by atoms with van der Waals surface area (Å²) < 4.78 is 10.5. The van der Waals surface area contributed by atoms with E-state index in [4.69, 9.17) is 9.47 Å². The number of aryl methyl sites for hydroxylation is 1. The van der Waals surface area contributed by atoms with E-state index >= 15 is 0 Å². The SMILES string of the molecule is CCOC(=O)C(C(=O)OCC)C(O)c1ccc(C)c(Br)c1. The first-order chi connectivity index (χ1) is 9.92. The molecule has 0 saturated heterocycles. The van der Waals surface area contributed by atoms with Crippen LogP contribution in [0.1, 0.15) is 31.1 Å². The van der Waals surface area contributed by atoms with Crippen molar-refractivity contribution < 1.29 is 24.2 Å². The van der Waals surface area contributed by atoms with Gasteiger partial charge in [-0.3, -0.25) is 9.59 Å². The van der Waals surface area contributed by atoms with E-state index in [-0.39, 0.29) is 13.2 Å². The Morgan fingerprint density at radius 2 is 1.71 bits per heavy atom. The highest BCUT2D eigenvalue weighted by Gasteiger charge is 2.37. The molecule has 0 heterocycles. The number of halogens is 1. The van der Waals surface area contributed by atoms with Crippen molar-refractivity contribution >= 4 is 27.9 Å². The average molecular weight is 359 g/mol. The Balaban J connectivity index is 3.08. The molecule has 116 valence electrons. The third kappa shape index (κ3) is 4.54. The molecule has 0 saturated carbocycles. The highest BCUT2D eigenvalue weighted by molar-refractivity contribution is 9.10. The second-order valence-electron chi connectivity index (χ2n) is 4.44. The zero-order valence-electron chi connectivity index (χ0n) is 12.3. The lowest BCUT2D eigenvalue weighted by Crippen LogP contribution is -2.33. The van der Waals surface area contributed by atoms with Crippen LogP contribution in [0.2, 0.25) is 0 Å². The van der Waals surface area contributed by atoms with Crippen LogP contribution in [0.15, 0.2) is 22.7 Å². The van der Waals surface area contributed by atoms with Crippen LogP contribution in [0, 0.1) is 12.8 Å². The van der Waals surface area contributed by atoms with Gasteiger partial charge in [-0.05, 0) is 38.0 Å². The van der Waals surface area contributed by atoms with Gasteiger partial charge in [0.1, 0.15) is 6.10 Å². The molecule has 0 aliphatic rings. The van der Waals surface area contributed by atoms with Crippen molar-refractivity contribution in [1.29, 1.82) is 0 Å². The molecule has 0 aromatic heterocycles. The summed E-state index contributed by atoms with van der Waals surface area (Å²) in [6, 6.07) is 5.12. The molecule has 1 rings (SSSR count). The van der Waals surface area contributed by atoms with Crippen LogP contribution in [0.4, 0.5) is 0 Å². The molecular weight excluding hydrogens is 340 g/mol. The summed E-state index contributed by atoms with van der Waals surface area (Å²) in [6.07, 6.45) is -1.32. The molecule has 0 bridgehead atoms. The number of hydrogen-bond donors (Lipinski definition) is 1. The van der Waals surface area contributed by atoms with E-state index < -0.39 is 24.0 Å². The molecule has 21 heavy (non-hydrogen) atoms. The van der Waals surface area contributed by atoms with Gasteiger partial charge in [0.2, 0.25) is 0 Å². The largest absolute Gasteiger partial charge is 0.465 e. The normalized spacial score (nSPS) is 12.1. The van der Waals surface area contributed by atoms with Gasteiger partial charge in [0.05, 0.1) is 13.2 Å². The molecule has 1 N–H and O–H groups in total. The van der Waals surface area contributed by atoms with Gasteiger partial charge < -0.3 is 14.6 Å². The van der Waals surface area contributed by atoms with E-state index in [1.54, 1.807) is 32.0 Å². The molecule has 6 heteroatoms. The van der Waals surface area contributed by atoms with Gasteiger partial charge in [-0.2, -0.15) is 0 Å². The Labute approximate surface area is 132 Å². The number of hydrogen-bond acceptors (Lipinski definition) is 5. The molecule has 1 aromatic carbocycles. The minimum absolute atomic E-state index is 0.124. The maximum absolute atomic E-state index is 11.9. The Morgan fingerprint density at radius 3 is 2.14 bits per heavy atom. The number of benzene rings is 1. The zero-order valence-corrected chi connectivity index (χ0v) is 13.8. The molecule has 1 unspecified atom stereocenters. The molecule has 5 nitrogen and oxygen atoms in total. The Morgan fingerprint density at radius 1 is 1.19 bits per heavy atom. The molecule has 0 aliphatic carbocycles. The molecule has 0 aliphatic heterocycles. The predicted octanol–water partition coefficient (Wildman–Crippen LogP) is 2.53. The summed E-state index contributed by atoms with van der Waals surface area (Å²) in [6.45, 7) is 5.41. The average Bonchev–Trinajstić information content (AvgIpc) is 2.42. The van der Waals surface area contributed by atoms with Gasteiger partial charge in [-0.1, -0.05) is 28.1 Å². The molecule has 0 fully saturated rings. The molecular formula is C15H19BrO5. The summed E-state index contributed by atoms with van der Waals surface area (Å²) in [7, 11) is 0. The third-order valence-electron chi connectivity index (χ3n) is 2.93. The Hall–Kier alpha value is -1.40. The molecule has 0 amide bonds. The van der Waals surface area contributed by atoms with E-state index in [1.807, 2.05) is 6.92 Å². The van der Waals surface area contributed by atoms with Crippen molar-refractivity contribution in [3.63, 3.8) is 0 Å². The Kier molecular flexibility index (Phi) is 6.84. The first-order valence-electron chi connectivity index (χ1n) is 6.69. The van der Waals surface area contributed by atoms with Crippen LogP contribution in [0.5, 0.6) is 0 Å². The fourth-order valence-corrected chi connectivity index (χ4v) is 2.20. The third-order valence-corrected chi connectivity index (χ3v) is 3.79. The lowest BCUT2D eigenvalue weighted by atomic mass is 9.95. The number of aliphatic hydroxyl groups excluding tert-OH is 1. The second-order valence-corrected chi connectivity index (χ2v) is 5.29. The predicted molar refractivity (Wildman–Crippen MR) is 80.6 cm³/mol. The van der Waals surface area contributed by atoms with Crippen LogP contribution in [-0.2, 0) is 19.1 Å². The summed E-state index contributed by atoms with van der Waals surface area (Å²) in [4.78, 5) is 23.9. The van der Waals surface area contributed by atoms with Crippen molar-refractivity contribution in [3.05, 3.63) is 33.8 Å². The van der Waals surface area contributed by atoms with Crippen LogP contribution in [0.3, 0.4) is 0 Å². The van der Waals surface area contributed by atoms with E-state index in [2.05, 4.69) is 15.9 Å². The van der Waals surface area contributed by atoms with E-state index in [0.717, 1.165) is 10.0 Å². The molecule has 1 atom stereocenters. The highest BCUT2D eigenvalue weighted by Crippen LogP contribution is 2.28. The fourth-order valence-electron chi connectivity index (χ4n) is 1.80. The Bertz CT molecular complexity index is 497. The van der Waals surface area contributed by atoms with Crippen molar-refractivity contribution in [1.82, 2.24) is 0 Å². The highest BCUT2D eigenvalue weighted by atomic mass is 79.9. The topological polar surface area (TPSA) is 72.8 Å². The zero-order chi connectivity index (χ0) is 16.0. The van der Waals surface area contributed by atoms with E-state index in [9.17, 15) is 14.7 Å². The standard InChI is InChI=1S/C15H19BrO5/c1-4-20-14(18)12(15(19)21-5-2)13(17)10-7-6-9(3)11(16)8-10/h6-8,12-13,17H,4-5H2,1-3H3. The smallest absolute Gasteiger partial charge is 0.323 e. The van der Waals surface area contributed by atoms with Gasteiger partial charge in [-0.25, -0.2) is 0 Å². The number of carbonyl (C=O) groups excluding carboxylic acids is 2. The van der Waals surface area contributed by atoms with Gasteiger partial charge in [0.15, 0.2) is 5.92 Å². The van der Waals surface area contributed by atoms with Crippen LogP contribution in [-0.4, -0.2) is 30.3 Å². The van der Waals surface area contributed by atoms with Crippen molar-refractivity contribution in [3.8, 4) is 0 Å². The fraction of sp³-hybridized carbons (Fsp3) is 0.467. The molecule has 0 radical (unpaired) electrons. The summed E-state index contributed by atoms with van der Waals surface area (Å²) in [5.74, 6) is -2.97. The maximum atomic E-state index is 11.9. The van der Waals surface area contributed by atoms with Crippen LogP contribution in [0.25, 0.3) is 0 Å². The van der Waals surface area contributed by atoms with Gasteiger partial charge in [0.25, 0.3) is 0 Å². The monoisotopic (exact) mass is 358 g/mol. The summed E-state index contributed by atoms with van der Waals surface area (Å²) >= 11 is 3.36. The summed E-state index contributed by atoms with van der Waals surface area (Å²) in [5, 5.41) is 10.4. The lowest BCUT2D eigenvalue weighted by molar-refractivity contribution is -0.167. The van der Waals surface area contributed by atoms with Gasteiger partial charge >= 0.3 is 11.9 Å². The number of aliphatic hydroxyl groups is 1. The number of esters is 2. The minimum Gasteiger partial charge on any atom is -0.465 e. The molecule has 1 aromatic rings. The molecule has 0 spiro atoms. The number of ether oxygens (including phenoxy) is 2. The van der Waals surface area contributed by atoms with Crippen LogP contribution >= 0.6 is 15.9 Å². The van der Waals surface area contributed by atoms with Crippen molar-refractivity contribution in [2.24, 2.45) is 5.92 Å². The van der Waals surface area contributed by atoms with Crippen molar-refractivity contribution in [2.45, 2.75) is 26.9 Å². The number of rotatable bonds is 6. The van der Waals surface area contributed by atoms with Crippen molar-refractivity contribution in [2.75, 3.05) is 13.2 Å². The van der Waals surface area contributed by atoms with Crippen LogP contribution < -0.4 is 0 Å². The first kappa shape index (κ1) is 17.7. The first-order valence-corrected chi connectivity index (χ1v) is 7.49. The van der Waals surface area contributed by atoms with E-state index in [1.165, 1.54) is 0 Å². The quantitative estimate of drug-likeness (QED) is 0.624. The second kappa shape index (κ2) is 8.14. The maximum Gasteiger partial charge on any atom is 0.323 e.